The summed E-state index contributed by atoms with van der Waals surface area (Å²) >= 11 is 12.0. The van der Waals surface area contributed by atoms with Crippen LogP contribution in [-0.4, -0.2) is 12.1 Å². The van der Waals surface area contributed by atoms with Gasteiger partial charge in [0, 0.05) is 29.2 Å². The number of hydrogen-bond donors (Lipinski definition) is 0. The molecule has 0 unspecified atom stereocenters. The lowest BCUT2D eigenvalue weighted by Gasteiger charge is -2.07. The molecule has 0 amide bonds. The summed E-state index contributed by atoms with van der Waals surface area (Å²) in [5, 5.41) is 2.74. The van der Waals surface area contributed by atoms with Gasteiger partial charge >= 0.3 is 0 Å². The topological polar surface area (TPSA) is 22.1 Å². The molecule has 2 aromatic rings. The van der Waals surface area contributed by atoms with Crippen LogP contribution in [0.4, 0.5) is 0 Å². The lowest BCUT2D eigenvalue weighted by Crippen LogP contribution is -1.87. The highest BCUT2D eigenvalue weighted by molar-refractivity contribution is 6.45. The summed E-state index contributed by atoms with van der Waals surface area (Å²) < 4.78 is 5.18. The van der Waals surface area contributed by atoms with Crippen LogP contribution < -0.4 is 4.74 Å². The SMILES string of the molecule is COc1cc(Cl)c(Cl)c2ccncc12. The van der Waals surface area contributed by atoms with Crippen molar-refractivity contribution < 1.29 is 4.74 Å². The molecular weight excluding hydrogens is 221 g/mol. The lowest BCUT2D eigenvalue weighted by atomic mass is 10.1. The Labute approximate surface area is 91.4 Å². The molecule has 2 rings (SSSR count). The number of fused-ring (bicyclic) bond motifs is 1. The maximum atomic E-state index is 6.04. The van der Waals surface area contributed by atoms with E-state index < -0.39 is 0 Å². The summed E-state index contributed by atoms with van der Waals surface area (Å²) in [6.07, 6.45) is 3.38. The van der Waals surface area contributed by atoms with Gasteiger partial charge in [0.1, 0.15) is 5.75 Å². The minimum absolute atomic E-state index is 0.488. The van der Waals surface area contributed by atoms with Crippen LogP contribution in [0.5, 0.6) is 5.75 Å². The largest absolute Gasteiger partial charge is 0.496 e. The summed E-state index contributed by atoms with van der Waals surface area (Å²) in [6, 6.07) is 3.50. The molecule has 0 N–H and O–H groups in total. The molecule has 0 saturated heterocycles. The molecule has 1 heterocycles. The van der Waals surface area contributed by atoms with Crippen LogP contribution in [0.3, 0.4) is 0 Å². The predicted octanol–water partition coefficient (Wildman–Crippen LogP) is 3.55. The Bertz CT molecular complexity index is 485. The Balaban J connectivity index is 2.89. The molecule has 0 aliphatic carbocycles. The Morgan fingerprint density at radius 2 is 2.07 bits per heavy atom. The van der Waals surface area contributed by atoms with Crippen molar-refractivity contribution in [1.82, 2.24) is 4.98 Å². The third kappa shape index (κ3) is 1.41. The van der Waals surface area contributed by atoms with E-state index in [1.807, 2.05) is 6.07 Å². The van der Waals surface area contributed by atoms with Crippen LogP contribution in [0.1, 0.15) is 0 Å². The van der Waals surface area contributed by atoms with Gasteiger partial charge in [0.25, 0.3) is 0 Å². The van der Waals surface area contributed by atoms with Crippen molar-refractivity contribution in [3.8, 4) is 5.75 Å². The van der Waals surface area contributed by atoms with E-state index in [9.17, 15) is 0 Å². The van der Waals surface area contributed by atoms with Gasteiger partial charge < -0.3 is 4.74 Å². The molecule has 0 spiro atoms. The van der Waals surface area contributed by atoms with Crippen LogP contribution in [0.2, 0.25) is 10.0 Å². The maximum absolute atomic E-state index is 6.04. The summed E-state index contributed by atoms with van der Waals surface area (Å²) in [7, 11) is 1.59. The van der Waals surface area contributed by atoms with Gasteiger partial charge in [-0.15, -0.1) is 0 Å². The summed E-state index contributed by atoms with van der Waals surface area (Å²) in [6.45, 7) is 0. The molecule has 2 nitrogen and oxygen atoms in total. The van der Waals surface area contributed by atoms with Gasteiger partial charge in [-0.05, 0) is 6.07 Å². The number of nitrogens with zero attached hydrogens (tertiary/aromatic N) is 1. The van der Waals surface area contributed by atoms with Gasteiger partial charge in [-0.2, -0.15) is 0 Å². The molecule has 0 saturated carbocycles. The molecule has 4 heteroatoms. The number of pyridine rings is 1. The number of benzene rings is 1. The molecule has 1 aromatic heterocycles. The zero-order chi connectivity index (χ0) is 10.1. The van der Waals surface area contributed by atoms with Crippen LogP contribution in [0, 0.1) is 0 Å². The van der Waals surface area contributed by atoms with Crippen LogP contribution in [-0.2, 0) is 0 Å². The van der Waals surface area contributed by atoms with Gasteiger partial charge in [0.15, 0.2) is 0 Å². The molecule has 0 atom stereocenters. The molecule has 0 aliphatic rings. The Kier molecular flexibility index (Phi) is 2.48. The lowest BCUT2D eigenvalue weighted by molar-refractivity contribution is 0.420. The molecule has 0 radical (unpaired) electrons. The highest BCUT2D eigenvalue weighted by Crippen LogP contribution is 2.36. The number of ether oxygens (including phenoxy) is 1. The van der Waals surface area contributed by atoms with Gasteiger partial charge in [0.2, 0.25) is 0 Å². The quantitative estimate of drug-likeness (QED) is 0.744. The van der Waals surface area contributed by atoms with Crippen LogP contribution in [0.15, 0.2) is 24.5 Å². The first-order chi connectivity index (χ1) is 6.74. The molecule has 14 heavy (non-hydrogen) atoms. The first kappa shape index (κ1) is 9.56. The average molecular weight is 228 g/mol. The molecule has 0 bridgehead atoms. The second-order valence-corrected chi connectivity index (χ2v) is 3.58. The molecule has 1 aromatic carbocycles. The first-order valence-electron chi connectivity index (χ1n) is 3.99. The van der Waals surface area contributed by atoms with Crippen molar-refractivity contribution in [1.29, 1.82) is 0 Å². The molecule has 0 aliphatic heterocycles. The molecular formula is C10H7Cl2NO. The fraction of sp³-hybridized carbons (Fsp3) is 0.100. The Morgan fingerprint density at radius 3 is 2.79 bits per heavy atom. The summed E-state index contributed by atoms with van der Waals surface area (Å²) in [5.74, 6) is 0.683. The first-order valence-corrected chi connectivity index (χ1v) is 4.75. The smallest absolute Gasteiger partial charge is 0.129 e. The van der Waals surface area contributed by atoms with E-state index in [0.29, 0.717) is 15.8 Å². The Morgan fingerprint density at radius 1 is 1.29 bits per heavy atom. The normalized spacial score (nSPS) is 10.5. The average Bonchev–Trinajstić information content (AvgIpc) is 2.23. The maximum Gasteiger partial charge on any atom is 0.129 e. The fourth-order valence-electron chi connectivity index (χ4n) is 1.34. The van der Waals surface area contributed by atoms with Crippen molar-refractivity contribution >= 4 is 34.0 Å². The number of aromatic nitrogens is 1. The Hall–Kier alpha value is -0.990. The van der Waals surface area contributed by atoms with E-state index in [0.717, 1.165) is 10.8 Å². The third-order valence-corrected chi connectivity index (χ3v) is 2.81. The van der Waals surface area contributed by atoms with Crippen molar-refractivity contribution in [2.45, 2.75) is 0 Å². The minimum atomic E-state index is 0.488. The van der Waals surface area contributed by atoms with Gasteiger partial charge in [-0.25, -0.2) is 0 Å². The second kappa shape index (κ2) is 3.64. The zero-order valence-corrected chi connectivity index (χ0v) is 8.93. The van der Waals surface area contributed by atoms with Gasteiger partial charge in [0.05, 0.1) is 17.2 Å². The number of rotatable bonds is 1. The zero-order valence-electron chi connectivity index (χ0n) is 7.42. The highest BCUT2D eigenvalue weighted by atomic mass is 35.5. The second-order valence-electron chi connectivity index (χ2n) is 2.80. The van der Waals surface area contributed by atoms with E-state index in [1.165, 1.54) is 0 Å². The third-order valence-electron chi connectivity index (χ3n) is 2.01. The fourth-order valence-corrected chi connectivity index (χ4v) is 1.76. The van der Waals surface area contributed by atoms with Crippen molar-refractivity contribution in [2.24, 2.45) is 0 Å². The van der Waals surface area contributed by atoms with Crippen LogP contribution in [0.25, 0.3) is 10.8 Å². The van der Waals surface area contributed by atoms with Crippen molar-refractivity contribution in [2.75, 3.05) is 7.11 Å². The summed E-state index contributed by atoms with van der Waals surface area (Å²) in [5.41, 5.74) is 0. The van der Waals surface area contributed by atoms with Crippen molar-refractivity contribution in [3.63, 3.8) is 0 Å². The van der Waals surface area contributed by atoms with Crippen molar-refractivity contribution in [3.05, 3.63) is 34.6 Å². The highest BCUT2D eigenvalue weighted by Gasteiger charge is 2.09. The minimum Gasteiger partial charge on any atom is -0.496 e. The van der Waals surface area contributed by atoms with Gasteiger partial charge in [-0.1, -0.05) is 23.2 Å². The predicted molar refractivity (Wildman–Crippen MR) is 58.3 cm³/mol. The van der Waals surface area contributed by atoms with E-state index in [2.05, 4.69) is 4.98 Å². The van der Waals surface area contributed by atoms with Crippen LogP contribution >= 0.6 is 23.2 Å². The molecule has 72 valence electrons. The number of halogens is 2. The summed E-state index contributed by atoms with van der Waals surface area (Å²) in [4.78, 5) is 4.01. The standard InChI is InChI=1S/C10H7Cl2NO/c1-14-9-4-8(11)10(12)6-2-3-13-5-7(6)9/h2-5H,1H3. The van der Waals surface area contributed by atoms with E-state index in [1.54, 1.807) is 25.6 Å². The number of methoxy groups -OCH3 is 1. The van der Waals surface area contributed by atoms with Gasteiger partial charge in [-0.3, -0.25) is 4.98 Å². The molecule has 0 fully saturated rings. The monoisotopic (exact) mass is 227 g/mol. The van der Waals surface area contributed by atoms with E-state index in [-0.39, 0.29) is 0 Å². The number of hydrogen-bond acceptors (Lipinski definition) is 2. The van der Waals surface area contributed by atoms with E-state index in [4.69, 9.17) is 27.9 Å². The van der Waals surface area contributed by atoms with E-state index >= 15 is 0 Å².